The van der Waals surface area contributed by atoms with Crippen molar-refractivity contribution in [3.05, 3.63) is 34.9 Å². The van der Waals surface area contributed by atoms with E-state index >= 15 is 0 Å². The van der Waals surface area contributed by atoms with Gasteiger partial charge in [0.15, 0.2) is 0 Å². The van der Waals surface area contributed by atoms with Gasteiger partial charge in [-0.05, 0) is 24.0 Å². The van der Waals surface area contributed by atoms with E-state index < -0.39 is 0 Å². The van der Waals surface area contributed by atoms with Gasteiger partial charge in [-0.25, -0.2) is 0 Å². The number of amides is 1. The second-order valence-electron chi connectivity index (χ2n) is 5.81. The van der Waals surface area contributed by atoms with E-state index in [0.29, 0.717) is 6.42 Å². The summed E-state index contributed by atoms with van der Waals surface area (Å²) >= 11 is 6.30. The molecular weight excluding hydrogens is 272 g/mol. The standard InChI is InChI=1S/C16H21ClN2O/c17-14-4-2-1-3-13(14)15-11-18-9-10-19(15)16(20)8-7-12-5-6-12/h1-4,12,15,18H,5-11H2. The zero-order valence-corrected chi connectivity index (χ0v) is 12.4. The van der Waals surface area contributed by atoms with Crippen molar-refractivity contribution >= 4 is 17.5 Å². The van der Waals surface area contributed by atoms with Crippen molar-refractivity contribution in [2.45, 2.75) is 31.7 Å². The van der Waals surface area contributed by atoms with Crippen molar-refractivity contribution in [1.29, 1.82) is 0 Å². The Morgan fingerprint density at radius 2 is 2.15 bits per heavy atom. The molecule has 1 unspecified atom stereocenters. The molecule has 1 atom stereocenters. The second-order valence-corrected chi connectivity index (χ2v) is 6.22. The Kier molecular flexibility index (Phi) is 4.27. The average molecular weight is 293 g/mol. The molecule has 1 heterocycles. The summed E-state index contributed by atoms with van der Waals surface area (Å²) in [7, 11) is 0. The molecular formula is C16H21ClN2O. The summed E-state index contributed by atoms with van der Waals surface area (Å²) in [5.74, 6) is 1.09. The van der Waals surface area contributed by atoms with Crippen molar-refractivity contribution in [2.75, 3.05) is 19.6 Å². The molecule has 1 N–H and O–H groups in total. The Morgan fingerprint density at radius 1 is 1.35 bits per heavy atom. The number of carbonyl (C=O) groups is 1. The number of nitrogens with one attached hydrogen (secondary N) is 1. The normalized spacial score (nSPS) is 22.9. The highest BCUT2D eigenvalue weighted by Crippen LogP contribution is 2.34. The summed E-state index contributed by atoms with van der Waals surface area (Å²) in [6, 6.07) is 7.92. The van der Waals surface area contributed by atoms with Crippen LogP contribution in [0, 0.1) is 5.92 Å². The largest absolute Gasteiger partial charge is 0.333 e. The van der Waals surface area contributed by atoms with Crippen molar-refractivity contribution in [2.24, 2.45) is 5.92 Å². The minimum Gasteiger partial charge on any atom is -0.333 e. The summed E-state index contributed by atoms with van der Waals surface area (Å²) in [4.78, 5) is 14.5. The van der Waals surface area contributed by atoms with E-state index in [1.54, 1.807) is 0 Å². The maximum Gasteiger partial charge on any atom is 0.223 e. The van der Waals surface area contributed by atoms with Gasteiger partial charge in [0.1, 0.15) is 0 Å². The topological polar surface area (TPSA) is 32.3 Å². The smallest absolute Gasteiger partial charge is 0.223 e. The fourth-order valence-electron chi connectivity index (χ4n) is 2.90. The first-order chi connectivity index (χ1) is 9.75. The van der Waals surface area contributed by atoms with E-state index in [9.17, 15) is 4.79 Å². The third-order valence-corrected chi connectivity index (χ3v) is 4.64. The first-order valence-electron chi connectivity index (χ1n) is 7.50. The third-order valence-electron chi connectivity index (χ3n) is 4.29. The monoisotopic (exact) mass is 292 g/mol. The van der Waals surface area contributed by atoms with E-state index in [2.05, 4.69) is 5.32 Å². The Bertz CT molecular complexity index is 487. The zero-order valence-electron chi connectivity index (χ0n) is 11.6. The molecule has 2 fully saturated rings. The summed E-state index contributed by atoms with van der Waals surface area (Å²) in [6.45, 7) is 2.44. The summed E-state index contributed by atoms with van der Waals surface area (Å²) in [5, 5.41) is 4.12. The molecule has 0 bridgehead atoms. The number of carbonyl (C=O) groups excluding carboxylic acids is 1. The maximum atomic E-state index is 12.5. The van der Waals surface area contributed by atoms with Gasteiger partial charge in [-0.15, -0.1) is 0 Å². The Morgan fingerprint density at radius 3 is 2.90 bits per heavy atom. The van der Waals surface area contributed by atoms with Gasteiger partial charge in [0.2, 0.25) is 5.91 Å². The van der Waals surface area contributed by atoms with Crippen LogP contribution < -0.4 is 5.32 Å². The SMILES string of the molecule is O=C(CCC1CC1)N1CCNCC1c1ccccc1Cl. The lowest BCUT2D eigenvalue weighted by Gasteiger charge is -2.37. The van der Waals surface area contributed by atoms with Crippen LogP contribution >= 0.6 is 11.6 Å². The molecule has 0 radical (unpaired) electrons. The van der Waals surface area contributed by atoms with Crippen LogP contribution in [0.2, 0.25) is 5.02 Å². The molecule has 1 saturated heterocycles. The maximum absolute atomic E-state index is 12.5. The molecule has 1 aliphatic heterocycles. The predicted molar refractivity (Wildman–Crippen MR) is 80.7 cm³/mol. The highest BCUT2D eigenvalue weighted by molar-refractivity contribution is 6.31. The van der Waals surface area contributed by atoms with Crippen molar-refractivity contribution < 1.29 is 4.79 Å². The highest BCUT2D eigenvalue weighted by Gasteiger charge is 2.30. The molecule has 0 spiro atoms. The molecule has 3 rings (SSSR count). The van der Waals surface area contributed by atoms with Crippen LogP contribution in [0.3, 0.4) is 0 Å². The van der Waals surface area contributed by atoms with E-state index in [0.717, 1.165) is 42.6 Å². The fraction of sp³-hybridized carbons (Fsp3) is 0.562. The highest BCUT2D eigenvalue weighted by atomic mass is 35.5. The molecule has 1 amide bonds. The van der Waals surface area contributed by atoms with Crippen LogP contribution in [0.15, 0.2) is 24.3 Å². The fourth-order valence-corrected chi connectivity index (χ4v) is 3.17. The second kappa shape index (κ2) is 6.15. The van der Waals surface area contributed by atoms with Gasteiger partial charge >= 0.3 is 0 Å². The summed E-state index contributed by atoms with van der Waals surface area (Å²) in [5.41, 5.74) is 1.06. The van der Waals surface area contributed by atoms with Crippen molar-refractivity contribution in [3.63, 3.8) is 0 Å². The van der Waals surface area contributed by atoms with E-state index in [-0.39, 0.29) is 11.9 Å². The number of piperazine rings is 1. The van der Waals surface area contributed by atoms with Crippen LogP contribution in [0.4, 0.5) is 0 Å². The molecule has 1 aromatic rings. The lowest BCUT2D eigenvalue weighted by Crippen LogP contribution is -2.48. The number of halogens is 1. The van der Waals surface area contributed by atoms with E-state index in [1.165, 1.54) is 12.8 Å². The molecule has 4 heteroatoms. The number of benzene rings is 1. The lowest BCUT2D eigenvalue weighted by molar-refractivity contribution is -0.134. The van der Waals surface area contributed by atoms with Crippen LogP contribution in [-0.4, -0.2) is 30.4 Å². The van der Waals surface area contributed by atoms with Crippen molar-refractivity contribution in [1.82, 2.24) is 10.2 Å². The Labute approximate surface area is 125 Å². The van der Waals surface area contributed by atoms with Gasteiger partial charge < -0.3 is 10.2 Å². The minimum absolute atomic E-state index is 0.0733. The lowest BCUT2D eigenvalue weighted by atomic mass is 10.0. The van der Waals surface area contributed by atoms with Gasteiger partial charge in [-0.1, -0.05) is 42.6 Å². The number of rotatable bonds is 4. The van der Waals surface area contributed by atoms with Gasteiger partial charge in [0.25, 0.3) is 0 Å². The Hall–Kier alpha value is -1.06. The van der Waals surface area contributed by atoms with Gasteiger partial charge in [0.05, 0.1) is 6.04 Å². The number of hydrogen-bond acceptors (Lipinski definition) is 2. The van der Waals surface area contributed by atoms with Crippen LogP contribution in [0.1, 0.15) is 37.3 Å². The molecule has 108 valence electrons. The van der Waals surface area contributed by atoms with Crippen molar-refractivity contribution in [3.8, 4) is 0 Å². The quantitative estimate of drug-likeness (QED) is 0.925. The first-order valence-corrected chi connectivity index (χ1v) is 7.88. The zero-order chi connectivity index (χ0) is 13.9. The van der Waals surface area contributed by atoms with Gasteiger partial charge in [-0.3, -0.25) is 4.79 Å². The van der Waals surface area contributed by atoms with Crippen LogP contribution in [0.25, 0.3) is 0 Å². The molecule has 3 nitrogen and oxygen atoms in total. The molecule has 1 saturated carbocycles. The molecule has 2 aliphatic rings. The molecule has 1 aliphatic carbocycles. The summed E-state index contributed by atoms with van der Waals surface area (Å²) < 4.78 is 0. The molecule has 1 aromatic carbocycles. The van der Waals surface area contributed by atoms with Gasteiger partial charge in [-0.2, -0.15) is 0 Å². The van der Waals surface area contributed by atoms with Crippen LogP contribution in [0.5, 0.6) is 0 Å². The number of hydrogen-bond donors (Lipinski definition) is 1. The molecule has 20 heavy (non-hydrogen) atoms. The predicted octanol–water partition coefficient (Wildman–Crippen LogP) is 3.00. The Balaban J connectivity index is 1.72. The van der Waals surface area contributed by atoms with E-state index in [1.807, 2.05) is 29.2 Å². The summed E-state index contributed by atoms with van der Waals surface area (Å²) in [6.07, 6.45) is 4.36. The van der Waals surface area contributed by atoms with E-state index in [4.69, 9.17) is 11.6 Å². The number of nitrogens with zero attached hydrogens (tertiary/aromatic N) is 1. The van der Waals surface area contributed by atoms with Crippen LogP contribution in [-0.2, 0) is 4.79 Å². The average Bonchev–Trinajstić information content (AvgIpc) is 3.29. The third kappa shape index (κ3) is 3.15. The minimum atomic E-state index is 0.0733. The first kappa shape index (κ1) is 13.9. The van der Waals surface area contributed by atoms with Gasteiger partial charge in [0, 0.05) is 31.1 Å². The molecule has 0 aromatic heterocycles.